The van der Waals surface area contributed by atoms with Gasteiger partial charge in [0.2, 0.25) is 5.91 Å². The summed E-state index contributed by atoms with van der Waals surface area (Å²) in [6.45, 7) is 0.252. The molecule has 0 aliphatic carbocycles. The summed E-state index contributed by atoms with van der Waals surface area (Å²) in [5, 5.41) is 0.414. The van der Waals surface area contributed by atoms with Crippen molar-refractivity contribution in [2.24, 2.45) is 0 Å². The molecule has 0 unspecified atom stereocenters. The van der Waals surface area contributed by atoms with Gasteiger partial charge in [0.25, 0.3) is 10.0 Å². The molecule has 33 heavy (non-hydrogen) atoms. The molecule has 7 nitrogen and oxygen atoms in total. The predicted octanol–water partition coefficient (Wildman–Crippen LogP) is 4.45. The highest BCUT2D eigenvalue weighted by molar-refractivity contribution is 7.94. The van der Waals surface area contributed by atoms with E-state index in [-0.39, 0.29) is 28.7 Å². The fraction of sp³-hybridized carbons (Fsp3) is 0.167. The third-order valence-electron chi connectivity index (χ3n) is 5.84. The third kappa shape index (κ3) is 3.65. The van der Waals surface area contributed by atoms with E-state index < -0.39 is 16.1 Å². The minimum absolute atomic E-state index is 0.0357. The quantitative estimate of drug-likeness (QED) is 0.553. The van der Waals surface area contributed by atoms with Gasteiger partial charge >= 0.3 is 6.03 Å². The van der Waals surface area contributed by atoms with E-state index in [4.69, 9.17) is 11.6 Å². The monoisotopic (exact) mass is 481 g/mol. The Morgan fingerprint density at radius 3 is 2.33 bits per heavy atom. The van der Waals surface area contributed by atoms with Crippen LogP contribution >= 0.6 is 11.6 Å². The van der Waals surface area contributed by atoms with Crippen LogP contribution in [0.1, 0.15) is 12.0 Å². The second kappa shape index (κ2) is 8.20. The summed E-state index contributed by atoms with van der Waals surface area (Å²) >= 11 is 5.95. The molecular formula is C24H20ClN3O4S. The average Bonchev–Trinajstić information content (AvgIpc) is 2.82. The number of amides is 3. The van der Waals surface area contributed by atoms with E-state index in [1.54, 1.807) is 23.1 Å². The zero-order chi connectivity index (χ0) is 23.2. The van der Waals surface area contributed by atoms with Gasteiger partial charge in [0.05, 0.1) is 11.4 Å². The van der Waals surface area contributed by atoms with Crippen molar-refractivity contribution in [2.45, 2.75) is 17.7 Å². The van der Waals surface area contributed by atoms with Crippen LogP contribution in [0.5, 0.6) is 0 Å². The molecule has 0 radical (unpaired) electrons. The summed E-state index contributed by atoms with van der Waals surface area (Å²) < 4.78 is 27.4. The lowest BCUT2D eigenvalue weighted by molar-refractivity contribution is -0.117. The van der Waals surface area contributed by atoms with Gasteiger partial charge < -0.3 is 4.90 Å². The smallest absolute Gasteiger partial charge is 0.311 e. The molecule has 0 aromatic heterocycles. The van der Waals surface area contributed by atoms with Crippen LogP contribution in [-0.2, 0) is 21.2 Å². The Morgan fingerprint density at radius 2 is 1.58 bits per heavy atom. The van der Waals surface area contributed by atoms with Gasteiger partial charge in [-0.15, -0.1) is 0 Å². The normalized spacial score (nSPS) is 16.9. The number of carbonyl (C=O) groups excluding carboxylic acids is 2. The van der Waals surface area contributed by atoms with E-state index in [1.165, 1.54) is 35.2 Å². The Kier molecular flexibility index (Phi) is 5.34. The zero-order valence-corrected chi connectivity index (χ0v) is 19.1. The first-order valence-electron chi connectivity index (χ1n) is 10.5. The lowest BCUT2D eigenvalue weighted by Gasteiger charge is -2.37. The molecule has 2 aliphatic heterocycles. The molecule has 3 aromatic rings. The molecule has 0 spiro atoms. The largest absolute Gasteiger partial charge is 0.343 e. The van der Waals surface area contributed by atoms with Crippen molar-refractivity contribution in [2.75, 3.05) is 27.2 Å². The predicted molar refractivity (Wildman–Crippen MR) is 127 cm³/mol. The molecule has 0 saturated heterocycles. The van der Waals surface area contributed by atoms with Crippen molar-refractivity contribution in [3.63, 3.8) is 0 Å². The van der Waals surface area contributed by atoms with Gasteiger partial charge in [-0.1, -0.05) is 41.9 Å². The van der Waals surface area contributed by atoms with Crippen molar-refractivity contribution in [1.29, 1.82) is 0 Å². The molecular weight excluding hydrogens is 462 g/mol. The van der Waals surface area contributed by atoms with Crippen LogP contribution in [0.4, 0.5) is 21.9 Å². The van der Waals surface area contributed by atoms with Gasteiger partial charge in [0.15, 0.2) is 0 Å². The highest BCUT2D eigenvalue weighted by atomic mass is 35.5. The fourth-order valence-electron chi connectivity index (χ4n) is 4.30. The number of anilines is 3. The standard InChI is InChI=1S/C24H20ClN3O4S/c25-18-11-13-19(14-12-18)28-24(30)27(21-9-3-4-10-22(21)33(28,31)32)16-23(29)26-15-5-7-17-6-1-2-8-20(17)26/h1-4,6,8-14H,5,7,15-16H2. The Labute approximate surface area is 196 Å². The van der Waals surface area contributed by atoms with Crippen molar-refractivity contribution >= 4 is 50.6 Å². The lowest BCUT2D eigenvalue weighted by Crippen LogP contribution is -2.54. The topological polar surface area (TPSA) is 78.0 Å². The molecule has 2 heterocycles. The Hall–Kier alpha value is -3.36. The number of hydrogen-bond acceptors (Lipinski definition) is 4. The molecule has 5 rings (SSSR count). The van der Waals surface area contributed by atoms with E-state index in [0.717, 1.165) is 28.4 Å². The molecule has 0 fully saturated rings. The van der Waals surface area contributed by atoms with Gasteiger partial charge in [-0.3, -0.25) is 9.69 Å². The van der Waals surface area contributed by atoms with Crippen LogP contribution in [0.3, 0.4) is 0 Å². The van der Waals surface area contributed by atoms with Crippen LogP contribution in [0.25, 0.3) is 0 Å². The van der Waals surface area contributed by atoms with Gasteiger partial charge in [0, 0.05) is 17.3 Å². The van der Waals surface area contributed by atoms with Gasteiger partial charge in [-0.25, -0.2) is 13.2 Å². The SMILES string of the molecule is O=C(CN1C(=O)N(c2ccc(Cl)cc2)S(=O)(=O)c2ccccc21)N1CCCc2ccccc21. The maximum absolute atomic E-state index is 13.5. The summed E-state index contributed by atoms with van der Waals surface area (Å²) in [5.74, 6) is -0.277. The third-order valence-corrected chi connectivity index (χ3v) is 7.85. The first-order chi connectivity index (χ1) is 15.9. The van der Waals surface area contributed by atoms with E-state index in [1.807, 2.05) is 24.3 Å². The van der Waals surface area contributed by atoms with Crippen molar-refractivity contribution < 1.29 is 18.0 Å². The summed E-state index contributed by atoms with van der Waals surface area (Å²) in [4.78, 5) is 29.8. The van der Waals surface area contributed by atoms with Crippen LogP contribution in [0.2, 0.25) is 5.02 Å². The number of hydrogen-bond donors (Lipinski definition) is 0. The molecule has 9 heteroatoms. The molecule has 0 bridgehead atoms. The first-order valence-corrected chi connectivity index (χ1v) is 12.3. The maximum atomic E-state index is 13.5. The summed E-state index contributed by atoms with van der Waals surface area (Å²) in [6, 6.07) is 19.1. The molecule has 0 saturated carbocycles. The van der Waals surface area contributed by atoms with Gasteiger partial charge in [-0.2, -0.15) is 4.31 Å². The first kappa shape index (κ1) is 21.5. The van der Waals surface area contributed by atoms with Gasteiger partial charge in [-0.05, 0) is 60.9 Å². The van der Waals surface area contributed by atoms with Gasteiger partial charge in [0.1, 0.15) is 11.4 Å². The minimum Gasteiger partial charge on any atom is -0.311 e. The molecule has 3 amide bonds. The summed E-state index contributed by atoms with van der Waals surface area (Å²) in [5.41, 5.74) is 2.24. The van der Waals surface area contributed by atoms with E-state index >= 15 is 0 Å². The van der Waals surface area contributed by atoms with Crippen LogP contribution in [0.15, 0.2) is 77.7 Å². The number of fused-ring (bicyclic) bond motifs is 2. The van der Waals surface area contributed by atoms with Crippen molar-refractivity contribution in [1.82, 2.24) is 0 Å². The maximum Gasteiger partial charge on any atom is 0.343 e. The number of benzene rings is 3. The minimum atomic E-state index is -4.17. The second-order valence-electron chi connectivity index (χ2n) is 7.86. The Balaban J connectivity index is 1.55. The Bertz CT molecular complexity index is 1360. The fourth-order valence-corrected chi connectivity index (χ4v) is 6.02. The number of sulfonamides is 1. The zero-order valence-electron chi connectivity index (χ0n) is 17.5. The highest BCUT2D eigenvalue weighted by Gasteiger charge is 2.43. The van der Waals surface area contributed by atoms with Crippen LogP contribution in [-0.4, -0.2) is 33.4 Å². The van der Waals surface area contributed by atoms with Crippen molar-refractivity contribution in [3.05, 3.63) is 83.4 Å². The summed E-state index contributed by atoms with van der Waals surface area (Å²) in [7, 11) is -4.17. The second-order valence-corrected chi connectivity index (χ2v) is 10.1. The number of para-hydroxylation sites is 2. The molecule has 0 N–H and O–H groups in total. The Morgan fingerprint density at radius 1 is 0.909 bits per heavy atom. The number of halogens is 1. The molecule has 3 aromatic carbocycles. The number of urea groups is 1. The molecule has 2 aliphatic rings. The van der Waals surface area contributed by atoms with Crippen LogP contribution < -0.4 is 14.1 Å². The number of carbonyl (C=O) groups is 2. The lowest BCUT2D eigenvalue weighted by atomic mass is 10.0. The van der Waals surface area contributed by atoms with E-state index in [2.05, 4.69) is 0 Å². The number of nitrogens with zero attached hydrogens (tertiary/aromatic N) is 3. The highest BCUT2D eigenvalue weighted by Crippen LogP contribution is 2.37. The number of rotatable bonds is 3. The summed E-state index contributed by atoms with van der Waals surface area (Å²) in [6.07, 6.45) is 1.70. The van der Waals surface area contributed by atoms with E-state index in [9.17, 15) is 18.0 Å². The number of aryl methyl sites for hydroxylation is 1. The molecule has 0 atom stereocenters. The van der Waals surface area contributed by atoms with Crippen LogP contribution in [0, 0.1) is 0 Å². The molecule has 168 valence electrons. The average molecular weight is 482 g/mol. The van der Waals surface area contributed by atoms with Crippen molar-refractivity contribution in [3.8, 4) is 0 Å². The van der Waals surface area contributed by atoms with E-state index in [0.29, 0.717) is 11.6 Å².